The first kappa shape index (κ1) is 14.9. The minimum atomic E-state index is 0.410. The number of hydrogen-bond donors (Lipinski definition) is 0. The van der Waals surface area contributed by atoms with Crippen LogP contribution in [0.3, 0.4) is 0 Å². The lowest BCUT2D eigenvalue weighted by molar-refractivity contribution is 0.178. The standard InChI is InChI=1S/C11H22Br2O/c1-10(2)11(8-12,9-13)6-4-5-7-14-3/h10H,4-9H2,1-3H3. The van der Waals surface area contributed by atoms with E-state index in [0.29, 0.717) is 11.3 Å². The van der Waals surface area contributed by atoms with Gasteiger partial charge in [0, 0.05) is 24.4 Å². The van der Waals surface area contributed by atoms with E-state index in [-0.39, 0.29) is 0 Å². The summed E-state index contributed by atoms with van der Waals surface area (Å²) in [5.41, 5.74) is 0.410. The molecule has 3 heteroatoms. The molecule has 0 saturated carbocycles. The van der Waals surface area contributed by atoms with E-state index < -0.39 is 0 Å². The molecule has 0 N–H and O–H groups in total. The number of hydrogen-bond acceptors (Lipinski definition) is 1. The number of halogens is 2. The largest absolute Gasteiger partial charge is 0.385 e. The first-order valence-corrected chi connectivity index (χ1v) is 7.48. The molecular formula is C11H22Br2O. The molecule has 86 valence electrons. The summed E-state index contributed by atoms with van der Waals surface area (Å²) in [6.45, 7) is 5.50. The Morgan fingerprint density at radius 1 is 1.14 bits per heavy atom. The van der Waals surface area contributed by atoms with E-state index >= 15 is 0 Å². The Hall–Kier alpha value is 0.920. The average molecular weight is 330 g/mol. The average Bonchev–Trinajstić information content (AvgIpc) is 2.18. The summed E-state index contributed by atoms with van der Waals surface area (Å²) >= 11 is 7.28. The first-order chi connectivity index (χ1) is 6.63. The highest BCUT2D eigenvalue weighted by Crippen LogP contribution is 2.37. The molecule has 0 aromatic rings. The molecule has 0 aliphatic carbocycles. The normalized spacial score (nSPS) is 12.4. The molecule has 0 aromatic carbocycles. The van der Waals surface area contributed by atoms with Gasteiger partial charge in [-0.3, -0.25) is 0 Å². The van der Waals surface area contributed by atoms with Crippen LogP contribution in [0.5, 0.6) is 0 Å². The van der Waals surface area contributed by atoms with Gasteiger partial charge in [0.1, 0.15) is 0 Å². The van der Waals surface area contributed by atoms with E-state index in [1.165, 1.54) is 19.3 Å². The first-order valence-electron chi connectivity index (χ1n) is 5.24. The highest BCUT2D eigenvalue weighted by atomic mass is 79.9. The number of unbranched alkanes of at least 4 members (excludes halogenated alkanes) is 1. The second kappa shape index (κ2) is 8.12. The van der Waals surface area contributed by atoms with E-state index in [2.05, 4.69) is 45.7 Å². The van der Waals surface area contributed by atoms with Crippen molar-refractivity contribution in [2.75, 3.05) is 24.4 Å². The van der Waals surface area contributed by atoms with Crippen molar-refractivity contribution in [3.63, 3.8) is 0 Å². The third-order valence-corrected chi connectivity index (χ3v) is 5.26. The van der Waals surface area contributed by atoms with Gasteiger partial charge in [0.25, 0.3) is 0 Å². The van der Waals surface area contributed by atoms with E-state index in [0.717, 1.165) is 17.3 Å². The maximum atomic E-state index is 5.06. The maximum absolute atomic E-state index is 5.06. The smallest absolute Gasteiger partial charge is 0.0462 e. The number of rotatable bonds is 8. The molecular weight excluding hydrogens is 308 g/mol. The second-order valence-corrected chi connectivity index (χ2v) is 5.36. The van der Waals surface area contributed by atoms with Gasteiger partial charge in [-0.25, -0.2) is 0 Å². The predicted octanol–water partition coefficient (Wildman–Crippen LogP) is 4.24. The van der Waals surface area contributed by atoms with Crippen LogP contribution in [0.1, 0.15) is 33.1 Å². The van der Waals surface area contributed by atoms with Crippen LogP contribution in [-0.2, 0) is 4.74 Å². The number of methoxy groups -OCH3 is 1. The SMILES string of the molecule is COCCCCC(CBr)(CBr)C(C)C. The van der Waals surface area contributed by atoms with Gasteiger partial charge in [-0.15, -0.1) is 0 Å². The maximum Gasteiger partial charge on any atom is 0.0462 e. The molecule has 14 heavy (non-hydrogen) atoms. The minimum absolute atomic E-state index is 0.410. The van der Waals surface area contributed by atoms with Crippen LogP contribution in [0.4, 0.5) is 0 Å². The van der Waals surface area contributed by atoms with Gasteiger partial charge in [-0.1, -0.05) is 52.1 Å². The molecule has 0 rings (SSSR count). The minimum Gasteiger partial charge on any atom is -0.385 e. The third-order valence-electron chi connectivity index (χ3n) is 3.03. The molecule has 0 saturated heterocycles. The van der Waals surface area contributed by atoms with Crippen LogP contribution in [0.2, 0.25) is 0 Å². The molecule has 1 nitrogen and oxygen atoms in total. The van der Waals surface area contributed by atoms with Crippen LogP contribution < -0.4 is 0 Å². The zero-order valence-corrected chi connectivity index (χ0v) is 12.7. The summed E-state index contributed by atoms with van der Waals surface area (Å²) in [6.07, 6.45) is 3.69. The lowest BCUT2D eigenvalue weighted by Gasteiger charge is -2.34. The van der Waals surface area contributed by atoms with Crippen molar-refractivity contribution in [3.05, 3.63) is 0 Å². The zero-order valence-electron chi connectivity index (χ0n) is 9.48. The molecule has 0 aromatic heterocycles. The Morgan fingerprint density at radius 2 is 1.71 bits per heavy atom. The van der Waals surface area contributed by atoms with Crippen molar-refractivity contribution in [2.45, 2.75) is 33.1 Å². The topological polar surface area (TPSA) is 9.23 Å². The summed E-state index contributed by atoms with van der Waals surface area (Å²) in [5, 5.41) is 2.16. The Balaban J connectivity index is 3.95. The van der Waals surface area contributed by atoms with Crippen molar-refractivity contribution in [1.29, 1.82) is 0 Å². The fraction of sp³-hybridized carbons (Fsp3) is 1.00. The highest BCUT2D eigenvalue weighted by Gasteiger charge is 2.30. The molecule has 0 aliphatic rings. The van der Waals surface area contributed by atoms with Crippen molar-refractivity contribution in [1.82, 2.24) is 0 Å². The van der Waals surface area contributed by atoms with Crippen LogP contribution in [0.25, 0.3) is 0 Å². The van der Waals surface area contributed by atoms with Gasteiger partial charge in [0.2, 0.25) is 0 Å². The van der Waals surface area contributed by atoms with E-state index in [4.69, 9.17) is 4.74 Å². The van der Waals surface area contributed by atoms with Crippen molar-refractivity contribution in [2.24, 2.45) is 11.3 Å². The van der Waals surface area contributed by atoms with Crippen LogP contribution in [-0.4, -0.2) is 24.4 Å². The molecule has 0 heterocycles. The summed E-state index contributed by atoms with van der Waals surface area (Å²) in [5.74, 6) is 0.712. The number of ether oxygens (including phenoxy) is 1. The molecule has 0 unspecified atom stereocenters. The molecule has 0 fully saturated rings. The van der Waals surface area contributed by atoms with Gasteiger partial charge >= 0.3 is 0 Å². The Morgan fingerprint density at radius 3 is 2.07 bits per heavy atom. The van der Waals surface area contributed by atoms with Crippen molar-refractivity contribution >= 4 is 31.9 Å². The highest BCUT2D eigenvalue weighted by molar-refractivity contribution is 9.09. The Bertz CT molecular complexity index is 133. The van der Waals surface area contributed by atoms with Crippen molar-refractivity contribution in [3.8, 4) is 0 Å². The molecule has 0 atom stereocenters. The predicted molar refractivity (Wildman–Crippen MR) is 70.6 cm³/mol. The fourth-order valence-corrected chi connectivity index (χ4v) is 4.27. The van der Waals surface area contributed by atoms with E-state index in [9.17, 15) is 0 Å². The lowest BCUT2D eigenvalue weighted by atomic mass is 9.77. The van der Waals surface area contributed by atoms with Gasteiger partial charge in [-0.2, -0.15) is 0 Å². The third kappa shape index (κ3) is 4.63. The molecule has 0 amide bonds. The number of alkyl halides is 2. The lowest BCUT2D eigenvalue weighted by Crippen LogP contribution is -2.31. The van der Waals surface area contributed by atoms with Gasteiger partial charge in [0.05, 0.1) is 0 Å². The summed E-state index contributed by atoms with van der Waals surface area (Å²) in [7, 11) is 1.77. The zero-order chi connectivity index (χ0) is 11.0. The van der Waals surface area contributed by atoms with Crippen molar-refractivity contribution < 1.29 is 4.74 Å². The van der Waals surface area contributed by atoms with E-state index in [1.54, 1.807) is 7.11 Å². The van der Waals surface area contributed by atoms with Crippen LogP contribution in [0.15, 0.2) is 0 Å². The van der Waals surface area contributed by atoms with Gasteiger partial charge < -0.3 is 4.74 Å². The fourth-order valence-electron chi connectivity index (χ4n) is 1.49. The molecule has 0 bridgehead atoms. The summed E-state index contributed by atoms with van der Waals surface area (Å²) < 4.78 is 5.06. The molecule has 0 aliphatic heterocycles. The summed E-state index contributed by atoms with van der Waals surface area (Å²) in [4.78, 5) is 0. The second-order valence-electron chi connectivity index (χ2n) is 4.23. The van der Waals surface area contributed by atoms with E-state index in [1.807, 2.05) is 0 Å². The monoisotopic (exact) mass is 328 g/mol. The summed E-state index contributed by atoms with van der Waals surface area (Å²) in [6, 6.07) is 0. The van der Waals surface area contributed by atoms with Crippen LogP contribution >= 0.6 is 31.9 Å². The Kier molecular flexibility index (Phi) is 8.65. The molecule has 0 spiro atoms. The van der Waals surface area contributed by atoms with Crippen LogP contribution in [0, 0.1) is 11.3 Å². The quantitative estimate of drug-likeness (QED) is 0.478. The molecule has 0 radical (unpaired) electrons. The van der Waals surface area contributed by atoms with Gasteiger partial charge in [-0.05, 0) is 24.2 Å². The Labute approximate surface area is 105 Å². The van der Waals surface area contributed by atoms with Gasteiger partial charge in [0.15, 0.2) is 0 Å².